The maximum atomic E-state index is 4.78. The number of hydrogen-bond acceptors (Lipinski definition) is 2. The summed E-state index contributed by atoms with van der Waals surface area (Å²) in [6.45, 7) is 7.22. The highest BCUT2D eigenvalue weighted by Gasteiger charge is 2.12. The minimum atomic E-state index is 0.795. The first kappa shape index (κ1) is 14.5. The molecule has 0 N–H and O–H groups in total. The summed E-state index contributed by atoms with van der Waals surface area (Å²) < 4.78 is 2.01. The third kappa shape index (κ3) is 2.93. The molecule has 0 atom stereocenters. The first-order valence-corrected chi connectivity index (χ1v) is 7.76. The van der Waals surface area contributed by atoms with Gasteiger partial charge in [-0.25, -0.2) is 9.67 Å². The number of aryl methyl sites for hydroxylation is 3. The Kier molecular flexibility index (Phi) is 4.05. The van der Waals surface area contributed by atoms with Gasteiger partial charge in [-0.05, 0) is 20.3 Å². The third-order valence-corrected chi connectivity index (χ3v) is 3.73. The van der Waals surface area contributed by atoms with Gasteiger partial charge in [0.2, 0.25) is 0 Å². The molecule has 3 aromatic rings. The van der Waals surface area contributed by atoms with Gasteiger partial charge < -0.3 is 0 Å². The Morgan fingerprint density at radius 3 is 1.91 bits per heavy atom. The van der Waals surface area contributed by atoms with Crippen molar-refractivity contribution in [2.45, 2.75) is 33.7 Å². The summed E-state index contributed by atoms with van der Waals surface area (Å²) >= 11 is 0. The molecule has 3 heteroatoms. The fraction of sp³-hybridized carbons (Fsp3) is 0.263. The minimum Gasteiger partial charge on any atom is -0.245 e. The summed E-state index contributed by atoms with van der Waals surface area (Å²) in [6, 6.07) is 16.8. The second kappa shape index (κ2) is 6.14. The fourth-order valence-electron chi connectivity index (χ4n) is 2.45. The topological polar surface area (TPSA) is 30.7 Å². The summed E-state index contributed by atoms with van der Waals surface area (Å²) in [5.41, 5.74) is 4.68. The molecule has 0 aliphatic rings. The number of nitrogens with zero attached hydrogens (tertiary/aromatic N) is 3. The zero-order valence-electron chi connectivity index (χ0n) is 13.4. The highest BCUT2D eigenvalue weighted by atomic mass is 15.3. The lowest BCUT2D eigenvalue weighted by Crippen LogP contribution is -2.01. The Morgan fingerprint density at radius 1 is 0.818 bits per heavy atom. The van der Waals surface area contributed by atoms with Crippen LogP contribution in [-0.4, -0.2) is 14.8 Å². The lowest BCUT2D eigenvalue weighted by atomic mass is 10.1. The maximum Gasteiger partial charge on any atom is 0.181 e. The van der Waals surface area contributed by atoms with Crippen molar-refractivity contribution >= 4 is 0 Å². The molecule has 0 aliphatic carbocycles. The second-order valence-electron chi connectivity index (χ2n) is 5.71. The van der Waals surface area contributed by atoms with Gasteiger partial charge in [0.15, 0.2) is 11.6 Å². The van der Waals surface area contributed by atoms with Gasteiger partial charge in [-0.15, -0.1) is 0 Å². The summed E-state index contributed by atoms with van der Waals surface area (Å²) in [4.78, 5) is 4.78. The highest BCUT2D eigenvalue weighted by Crippen LogP contribution is 2.23. The molecule has 0 spiro atoms. The van der Waals surface area contributed by atoms with Crippen LogP contribution in [0.15, 0.2) is 48.5 Å². The van der Waals surface area contributed by atoms with Crippen molar-refractivity contribution < 1.29 is 0 Å². The molecule has 0 unspecified atom stereocenters. The summed E-state index contributed by atoms with van der Waals surface area (Å²) in [7, 11) is 0. The first-order valence-electron chi connectivity index (χ1n) is 7.76. The van der Waals surface area contributed by atoms with Gasteiger partial charge in [0, 0.05) is 17.7 Å². The minimum absolute atomic E-state index is 0.795. The van der Waals surface area contributed by atoms with Crippen molar-refractivity contribution in [2.24, 2.45) is 0 Å². The number of aromatic nitrogens is 3. The van der Waals surface area contributed by atoms with Crippen LogP contribution in [-0.2, 0) is 6.54 Å². The van der Waals surface area contributed by atoms with Crippen molar-refractivity contribution in [2.75, 3.05) is 0 Å². The molecular weight excluding hydrogens is 270 g/mol. The van der Waals surface area contributed by atoms with Crippen molar-refractivity contribution in [1.29, 1.82) is 0 Å². The van der Waals surface area contributed by atoms with E-state index in [4.69, 9.17) is 10.1 Å². The van der Waals surface area contributed by atoms with Gasteiger partial charge >= 0.3 is 0 Å². The Bertz CT molecular complexity index is 752. The fourth-order valence-corrected chi connectivity index (χ4v) is 2.45. The third-order valence-electron chi connectivity index (χ3n) is 3.73. The van der Waals surface area contributed by atoms with E-state index in [0.29, 0.717) is 0 Å². The van der Waals surface area contributed by atoms with E-state index in [9.17, 15) is 0 Å². The van der Waals surface area contributed by atoms with Gasteiger partial charge in [-0.1, -0.05) is 66.6 Å². The van der Waals surface area contributed by atoms with Gasteiger partial charge in [-0.2, -0.15) is 5.10 Å². The largest absolute Gasteiger partial charge is 0.245 e. The average molecular weight is 291 g/mol. The normalized spacial score (nSPS) is 10.9. The molecule has 1 aromatic heterocycles. The molecule has 0 radical (unpaired) electrons. The molecule has 0 saturated heterocycles. The average Bonchev–Trinajstić information content (AvgIpc) is 2.93. The maximum absolute atomic E-state index is 4.78. The number of benzene rings is 2. The van der Waals surface area contributed by atoms with E-state index in [2.05, 4.69) is 69.3 Å². The van der Waals surface area contributed by atoms with Crippen LogP contribution in [0.25, 0.3) is 22.8 Å². The van der Waals surface area contributed by atoms with Crippen LogP contribution in [0.4, 0.5) is 0 Å². The second-order valence-corrected chi connectivity index (χ2v) is 5.71. The van der Waals surface area contributed by atoms with E-state index >= 15 is 0 Å². The SMILES string of the molecule is CCCn1nc(-c2ccc(C)cc2)nc1-c1ccc(C)cc1. The molecule has 0 amide bonds. The molecule has 1 heterocycles. The smallest absolute Gasteiger partial charge is 0.181 e. The van der Waals surface area contributed by atoms with Crippen molar-refractivity contribution in [3.8, 4) is 22.8 Å². The lowest BCUT2D eigenvalue weighted by Gasteiger charge is -2.04. The highest BCUT2D eigenvalue weighted by molar-refractivity contribution is 5.62. The van der Waals surface area contributed by atoms with Crippen LogP contribution < -0.4 is 0 Å². The van der Waals surface area contributed by atoms with Crippen molar-refractivity contribution in [3.05, 3.63) is 59.7 Å². The predicted molar refractivity (Wildman–Crippen MR) is 90.7 cm³/mol. The van der Waals surface area contributed by atoms with Crippen LogP contribution in [0.1, 0.15) is 24.5 Å². The monoisotopic (exact) mass is 291 g/mol. The van der Waals surface area contributed by atoms with Crippen molar-refractivity contribution in [3.63, 3.8) is 0 Å². The van der Waals surface area contributed by atoms with E-state index in [1.165, 1.54) is 11.1 Å². The standard InChI is InChI=1S/C19H21N3/c1-4-13-22-19(17-11-7-15(3)8-12-17)20-18(21-22)16-9-5-14(2)6-10-16/h5-12H,4,13H2,1-3H3. The Hall–Kier alpha value is -2.42. The predicted octanol–water partition coefficient (Wildman–Crippen LogP) is 4.64. The summed E-state index contributed by atoms with van der Waals surface area (Å²) in [5.74, 6) is 1.74. The number of rotatable bonds is 4. The van der Waals surface area contributed by atoms with Crippen LogP contribution in [0.3, 0.4) is 0 Å². The zero-order valence-corrected chi connectivity index (χ0v) is 13.4. The van der Waals surface area contributed by atoms with Gasteiger partial charge in [0.1, 0.15) is 0 Å². The Labute approximate surface area is 131 Å². The zero-order chi connectivity index (χ0) is 15.5. The molecule has 0 aliphatic heterocycles. The molecular formula is C19H21N3. The van der Waals surface area contributed by atoms with E-state index in [-0.39, 0.29) is 0 Å². The van der Waals surface area contributed by atoms with E-state index < -0.39 is 0 Å². The molecule has 22 heavy (non-hydrogen) atoms. The van der Waals surface area contributed by atoms with Crippen LogP contribution in [0, 0.1) is 13.8 Å². The Morgan fingerprint density at radius 2 is 1.36 bits per heavy atom. The quantitative estimate of drug-likeness (QED) is 0.701. The summed E-state index contributed by atoms with van der Waals surface area (Å²) in [6.07, 6.45) is 1.04. The van der Waals surface area contributed by atoms with Crippen LogP contribution in [0.5, 0.6) is 0 Å². The van der Waals surface area contributed by atoms with E-state index in [1.54, 1.807) is 0 Å². The van der Waals surface area contributed by atoms with E-state index in [0.717, 1.165) is 35.7 Å². The number of hydrogen-bond donors (Lipinski definition) is 0. The lowest BCUT2D eigenvalue weighted by molar-refractivity contribution is 0.609. The molecule has 0 fully saturated rings. The summed E-state index contributed by atoms with van der Waals surface area (Å²) in [5, 5.41) is 4.70. The van der Waals surface area contributed by atoms with Gasteiger partial charge in [0.25, 0.3) is 0 Å². The van der Waals surface area contributed by atoms with Crippen molar-refractivity contribution in [1.82, 2.24) is 14.8 Å². The van der Waals surface area contributed by atoms with Gasteiger partial charge in [0.05, 0.1) is 0 Å². The molecule has 0 bridgehead atoms. The first-order chi connectivity index (χ1) is 10.7. The van der Waals surface area contributed by atoms with Gasteiger partial charge in [-0.3, -0.25) is 0 Å². The van der Waals surface area contributed by atoms with E-state index in [1.807, 2.05) is 4.68 Å². The molecule has 3 nitrogen and oxygen atoms in total. The molecule has 2 aromatic carbocycles. The van der Waals surface area contributed by atoms with Crippen LogP contribution >= 0.6 is 0 Å². The molecule has 0 saturated carbocycles. The molecule has 112 valence electrons. The Balaban J connectivity index is 2.05. The van der Waals surface area contributed by atoms with Crippen LogP contribution in [0.2, 0.25) is 0 Å². The molecule has 3 rings (SSSR count).